The molecule has 0 aliphatic rings. The molecule has 0 aromatic heterocycles. The van der Waals surface area contributed by atoms with E-state index in [1.807, 2.05) is 24.3 Å². The lowest BCUT2D eigenvalue weighted by molar-refractivity contribution is -0.138. The number of rotatable bonds is 8. The SMILES string of the molecule is CC(=O)Nc1ccc(Oc2ccc(CCNCc3ccccc3C(F)(F)F)cc2)cc1. The summed E-state index contributed by atoms with van der Waals surface area (Å²) in [5.41, 5.74) is 1.38. The van der Waals surface area contributed by atoms with Gasteiger partial charge in [-0.3, -0.25) is 4.79 Å². The van der Waals surface area contributed by atoms with Crippen molar-refractivity contribution in [1.82, 2.24) is 5.32 Å². The van der Waals surface area contributed by atoms with E-state index in [9.17, 15) is 18.0 Å². The first-order valence-corrected chi connectivity index (χ1v) is 9.81. The highest BCUT2D eigenvalue weighted by Crippen LogP contribution is 2.31. The zero-order valence-corrected chi connectivity index (χ0v) is 17.0. The summed E-state index contributed by atoms with van der Waals surface area (Å²) in [6, 6.07) is 20.2. The molecule has 162 valence electrons. The van der Waals surface area contributed by atoms with Crippen molar-refractivity contribution in [2.24, 2.45) is 0 Å². The molecule has 0 spiro atoms. The Bertz CT molecular complexity index is 1000. The van der Waals surface area contributed by atoms with Gasteiger partial charge in [0.25, 0.3) is 0 Å². The smallest absolute Gasteiger partial charge is 0.416 e. The summed E-state index contributed by atoms with van der Waals surface area (Å²) in [4.78, 5) is 11.1. The van der Waals surface area contributed by atoms with Crippen LogP contribution in [0.25, 0.3) is 0 Å². The van der Waals surface area contributed by atoms with Gasteiger partial charge in [-0.25, -0.2) is 0 Å². The highest BCUT2D eigenvalue weighted by Gasteiger charge is 2.32. The molecule has 0 aliphatic heterocycles. The van der Waals surface area contributed by atoms with Crippen molar-refractivity contribution in [2.45, 2.75) is 26.1 Å². The number of ether oxygens (including phenoxy) is 1. The predicted octanol–water partition coefficient (Wildman–Crippen LogP) is 5.79. The van der Waals surface area contributed by atoms with Gasteiger partial charge >= 0.3 is 6.18 Å². The van der Waals surface area contributed by atoms with E-state index in [0.29, 0.717) is 30.2 Å². The van der Waals surface area contributed by atoms with Gasteiger partial charge in [0.2, 0.25) is 5.91 Å². The van der Waals surface area contributed by atoms with Crippen LogP contribution in [0.3, 0.4) is 0 Å². The number of halogens is 3. The molecule has 3 rings (SSSR count). The van der Waals surface area contributed by atoms with Crippen molar-refractivity contribution in [2.75, 3.05) is 11.9 Å². The summed E-state index contributed by atoms with van der Waals surface area (Å²) < 4.78 is 44.9. The molecule has 1 amide bonds. The fraction of sp³-hybridized carbons (Fsp3) is 0.208. The molecule has 0 saturated heterocycles. The molecule has 31 heavy (non-hydrogen) atoms. The Morgan fingerprint density at radius 3 is 2.13 bits per heavy atom. The Kier molecular flexibility index (Phi) is 7.31. The van der Waals surface area contributed by atoms with E-state index in [4.69, 9.17) is 4.74 Å². The van der Waals surface area contributed by atoms with Crippen LogP contribution in [-0.4, -0.2) is 12.5 Å². The van der Waals surface area contributed by atoms with Crippen molar-refractivity contribution < 1.29 is 22.7 Å². The monoisotopic (exact) mass is 428 g/mol. The van der Waals surface area contributed by atoms with Crippen LogP contribution in [0.15, 0.2) is 72.8 Å². The summed E-state index contributed by atoms with van der Waals surface area (Å²) in [7, 11) is 0. The second kappa shape index (κ2) is 10.1. The molecular weight excluding hydrogens is 405 g/mol. The van der Waals surface area contributed by atoms with Gasteiger partial charge in [-0.15, -0.1) is 0 Å². The molecule has 0 fully saturated rings. The van der Waals surface area contributed by atoms with E-state index >= 15 is 0 Å². The van der Waals surface area contributed by atoms with Crippen molar-refractivity contribution in [1.29, 1.82) is 0 Å². The second-order valence-electron chi connectivity index (χ2n) is 7.03. The van der Waals surface area contributed by atoms with Crippen LogP contribution in [0, 0.1) is 0 Å². The standard InChI is InChI=1S/C24H23F3N2O2/c1-17(30)29-20-8-12-22(13-9-20)31-21-10-6-18(7-11-21)14-15-28-16-19-4-2-3-5-23(19)24(25,26)27/h2-13,28H,14-16H2,1H3,(H,29,30). The number of carbonyl (C=O) groups excluding carboxylic acids is 1. The minimum atomic E-state index is -4.35. The van der Waals surface area contributed by atoms with Crippen LogP contribution in [0.4, 0.5) is 18.9 Å². The van der Waals surface area contributed by atoms with Crippen LogP contribution >= 0.6 is 0 Å². The molecule has 0 bridgehead atoms. The molecule has 0 aliphatic carbocycles. The number of carbonyl (C=O) groups is 1. The minimum Gasteiger partial charge on any atom is -0.457 e. The molecule has 7 heteroatoms. The summed E-state index contributed by atoms with van der Waals surface area (Å²) in [5, 5.41) is 5.77. The largest absolute Gasteiger partial charge is 0.457 e. The van der Waals surface area contributed by atoms with Crippen molar-refractivity contribution >= 4 is 11.6 Å². The van der Waals surface area contributed by atoms with Crippen molar-refractivity contribution in [3.8, 4) is 11.5 Å². The van der Waals surface area contributed by atoms with E-state index in [1.165, 1.54) is 19.1 Å². The average molecular weight is 428 g/mol. The van der Waals surface area contributed by atoms with E-state index < -0.39 is 11.7 Å². The fourth-order valence-electron chi connectivity index (χ4n) is 3.08. The Labute approximate surface area is 179 Å². The Morgan fingerprint density at radius 2 is 1.52 bits per heavy atom. The number of hydrogen-bond acceptors (Lipinski definition) is 3. The van der Waals surface area contributed by atoms with Gasteiger partial charge in [-0.05, 0) is 66.6 Å². The number of benzene rings is 3. The van der Waals surface area contributed by atoms with E-state index in [1.54, 1.807) is 30.3 Å². The van der Waals surface area contributed by atoms with Crippen LogP contribution in [0.2, 0.25) is 0 Å². The van der Waals surface area contributed by atoms with Gasteiger partial charge in [0.05, 0.1) is 5.56 Å². The molecule has 4 nitrogen and oxygen atoms in total. The quantitative estimate of drug-likeness (QED) is 0.447. The van der Waals surface area contributed by atoms with Gasteiger partial charge in [0.15, 0.2) is 0 Å². The summed E-state index contributed by atoms with van der Waals surface area (Å²) in [5.74, 6) is 1.18. The molecule has 0 saturated carbocycles. The van der Waals surface area contributed by atoms with Gasteiger partial charge in [-0.2, -0.15) is 13.2 Å². The Morgan fingerprint density at radius 1 is 0.903 bits per heavy atom. The zero-order valence-electron chi connectivity index (χ0n) is 17.0. The molecule has 2 N–H and O–H groups in total. The molecule has 3 aromatic rings. The lowest BCUT2D eigenvalue weighted by Gasteiger charge is -2.13. The highest BCUT2D eigenvalue weighted by atomic mass is 19.4. The topological polar surface area (TPSA) is 50.4 Å². The van der Waals surface area contributed by atoms with E-state index in [2.05, 4.69) is 10.6 Å². The fourth-order valence-corrected chi connectivity index (χ4v) is 3.08. The maximum atomic E-state index is 13.0. The van der Waals surface area contributed by atoms with Gasteiger partial charge in [0, 0.05) is 19.2 Å². The van der Waals surface area contributed by atoms with Crippen molar-refractivity contribution in [3.63, 3.8) is 0 Å². The average Bonchev–Trinajstić information content (AvgIpc) is 2.73. The summed E-state index contributed by atoms with van der Waals surface area (Å²) in [6.07, 6.45) is -3.67. The second-order valence-corrected chi connectivity index (χ2v) is 7.03. The molecular formula is C24H23F3N2O2. The first-order valence-electron chi connectivity index (χ1n) is 9.81. The lowest BCUT2D eigenvalue weighted by atomic mass is 10.1. The molecule has 0 radical (unpaired) electrons. The van der Waals surface area contributed by atoms with Crippen LogP contribution in [0.5, 0.6) is 11.5 Å². The van der Waals surface area contributed by atoms with Gasteiger partial charge in [0.1, 0.15) is 11.5 Å². The third-order valence-corrected chi connectivity index (χ3v) is 4.56. The van der Waals surface area contributed by atoms with Gasteiger partial charge in [-0.1, -0.05) is 30.3 Å². The number of alkyl halides is 3. The molecule has 0 atom stereocenters. The molecule has 3 aromatic carbocycles. The highest BCUT2D eigenvalue weighted by molar-refractivity contribution is 5.88. The van der Waals surface area contributed by atoms with E-state index in [0.717, 1.165) is 11.6 Å². The Balaban J connectivity index is 1.47. The first kappa shape index (κ1) is 22.4. The minimum absolute atomic E-state index is 0.136. The third-order valence-electron chi connectivity index (χ3n) is 4.56. The summed E-state index contributed by atoms with van der Waals surface area (Å²) >= 11 is 0. The zero-order chi connectivity index (χ0) is 22.3. The van der Waals surface area contributed by atoms with Crippen LogP contribution < -0.4 is 15.4 Å². The maximum Gasteiger partial charge on any atom is 0.416 e. The van der Waals surface area contributed by atoms with Crippen molar-refractivity contribution in [3.05, 3.63) is 89.5 Å². The third kappa shape index (κ3) is 6.86. The molecule has 0 heterocycles. The number of anilines is 1. The summed E-state index contributed by atoms with van der Waals surface area (Å²) in [6.45, 7) is 2.16. The molecule has 0 unspecified atom stereocenters. The van der Waals surface area contributed by atoms with Crippen LogP contribution in [0.1, 0.15) is 23.6 Å². The predicted molar refractivity (Wildman–Crippen MR) is 114 cm³/mol. The van der Waals surface area contributed by atoms with E-state index in [-0.39, 0.29) is 18.0 Å². The number of nitrogens with one attached hydrogen (secondary N) is 2. The Hall–Kier alpha value is -3.32. The number of hydrogen-bond donors (Lipinski definition) is 2. The number of amides is 1. The normalized spacial score (nSPS) is 11.2. The van der Waals surface area contributed by atoms with Gasteiger partial charge < -0.3 is 15.4 Å². The first-order chi connectivity index (χ1) is 14.8. The maximum absolute atomic E-state index is 13.0. The lowest BCUT2D eigenvalue weighted by Crippen LogP contribution is -2.19. The van der Waals surface area contributed by atoms with Crippen LogP contribution in [-0.2, 0) is 23.9 Å².